The second kappa shape index (κ2) is 7.90. The fraction of sp³-hybridized carbons (Fsp3) is 0.0500. The third-order valence-corrected chi connectivity index (χ3v) is 5.57. The van der Waals surface area contributed by atoms with E-state index in [2.05, 4.69) is 15.3 Å². The Kier molecular flexibility index (Phi) is 5.15. The Balaban J connectivity index is 1.72. The number of hydrogen-bond donors (Lipinski definition) is 1. The maximum Gasteiger partial charge on any atom is 0.265 e. The molecule has 144 valence electrons. The van der Waals surface area contributed by atoms with Gasteiger partial charge in [0, 0.05) is 24.3 Å². The summed E-state index contributed by atoms with van der Waals surface area (Å²) in [7, 11) is 1.53. The van der Waals surface area contributed by atoms with Gasteiger partial charge in [0.2, 0.25) is 0 Å². The summed E-state index contributed by atoms with van der Waals surface area (Å²) < 4.78 is 0. The van der Waals surface area contributed by atoms with Gasteiger partial charge in [-0.3, -0.25) is 24.7 Å². The summed E-state index contributed by atoms with van der Waals surface area (Å²) in [5.41, 5.74) is 0.0386. The summed E-state index contributed by atoms with van der Waals surface area (Å²) in [5, 5.41) is 3.46. The zero-order valence-corrected chi connectivity index (χ0v) is 16.9. The van der Waals surface area contributed by atoms with Crippen molar-refractivity contribution in [1.29, 1.82) is 0 Å². The molecule has 9 heteroatoms. The van der Waals surface area contributed by atoms with Crippen LogP contribution in [0, 0.1) is 0 Å². The van der Waals surface area contributed by atoms with Gasteiger partial charge in [-0.1, -0.05) is 12.1 Å². The van der Waals surface area contributed by atoms with Crippen LogP contribution in [-0.4, -0.2) is 38.8 Å². The Morgan fingerprint density at radius 3 is 2.28 bits per heavy atom. The van der Waals surface area contributed by atoms with E-state index in [1.165, 1.54) is 23.3 Å². The largest absolute Gasteiger partial charge is 0.298 e. The first-order valence-electron chi connectivity index (χ1n) is 8.61. The van der Waals surface area contributed by atoms with E-state index in [0.29, 0.717) is 11.6 Å². The molecule has 1 saturated heterocycles. The number of likely N-dealkylation sites (N-methyl/N-ethyl adjacent to an activating group) is 1. The van der Waals surface area contributed by atoms with Gasteiger partial charge in [0.15, 0.2) is 5.11 Å². The van der Waals surface area contributed by atoms with E-state index in [1.807, 2.05) is 53.4 Å². The lowest BCUT2D eigenvalue weighted by Gasteiger charge is -2.24. The number of nitrogens with zero attached hydrogens (tertiary/aromatic N) is 4. The molecule has 0 bridgehead atoms. The standard InChI is InChI=1S/C20H15N5O2S2/c1-24-19(27)14(18(26)23-20(24)28)12-13-8-9-17(29-13)25(15-6-2-4-10-21-15)16-7-3-5-11-22-16/h2-12H,1H3,(H,23,26,28)/b14-12+. The van der Waals surface area contributed by atoms with Crippen molar-refractivity contribution in [3.05, 3.63) is 71.4 Å². The molecule has 0 aliphatic carbocycles. The average molecular weight is 422 g/mol. The highest BCUT2D eigenvalue weighted by molar-refractivity contribution is 7.80. The van der Waals surface area contributed by atoms with Crippen LogP contribution in [0.1, 0.15) is 4.88 Å². The Hall–Kier alpha value is -3.43. The molecule has 7 nitrogen and oxygen atoms in total. The van der Waals surface area contributed by atoms with Crippen LogP contribution in [0.25, 0.3) is 6.08 Å². The predicted molar refractivity (Wildman–Crippen MR) is 116 cm³/mol. The molecule has 4 rings (SSSR count). The van der Waals surface area contributed by atoms with E-state index in [9.17, 15) is 9.59 Å². The number of thiocarbonyl (C=S) groups is 1. The summed E-state index contributed by atoms with van der Waals surface area (Å²) in [6, 6.07) is 15.0. The Morgan fingerprint density at radius 1 is 1.03 bits per heavy atom. The lowest BCUT2D eigenvalue weighted by atomic mass is 10.1. The van der Waals surface area contributed by atoms with Crippen LogP contribution in [0.2, 0.25) is 0 Å². The van der Waals surface area contributed by atoms with Crippen LogP contribution in [0.15, 0.2) is 66.5 Å². The van der Waals surface area contributed by atoms with Gasteiger partial charge < -0.3 is 0 Å². The molecule has 0 unspecified atom stereocenters. The molecule has 3 aromatic heterocycles. The maximum atomic E-state index is 12.4. The van der Waals surface area contributed by atoms with Gasteiger partial charge in [0.1, 0.15) is 22.2 Å². The Bertz CT molecular complexity index is 1070. The Morgan fingerprint density at radius 2 is 1.69 bits per heavy atom. The van der Waals surface area contributed by atoms with Crippen LogP contribution in [0.3, 0.4) is 0 Å². The number of rotatable bonds is 4. The molecule has 29 heavy (non-hydrogen) atoms. The monoisotopic (exact) mass is 421 g/mol. The minimum atomic E-state index is -0.501. The smallest absolute Gasteiger partial charge is 0.265 e. The quantitative estimate of drug-likeness (QED) is 0.396. The number of anilines is 3. The first-order chi connectivity index (χ1) is 14.0. The second-order valence-electron chi connectivity index (χ2n) is 6.07. The SMILES string of the molecule is CN1C(=O)/C(=C/c2ccc(N(c3ccccn3)c3ccccn3)s2)C(=O)NC1=S. The van der Waals surface area contributed by atoms with Crippen LogP contribution >= 0.6 is 23.6 Å². The van der Waals surface area contributed by atoms with Crippen molar-refractivity contribution in [2.24, 2.45) is 0 Å². The zero-order valence-electron chi connectivity index (χ0n) is 15.3. The van der Waals surface area contributed by atoms with Gasteiger partial charge >= 0.3 is 0 Å². The fourth-order valence-electron chi connectivity index (χ4n) is 2.74. The average Bonchev–Trinajstić information content (AvgIpc) is 3.19. The number of aromatic nitrogens is 2. The molecule has 0 spiro atoms. The number of nitrogens with one attached hydrogen (secondary N) is 1. The third-order valence-electron chi connectivity index (χ3n) is 4.18. The number of carbonyl (C=O) groups is 2. The summed E-state index contributed by atoms with van der Waals surface area (Å²) in [4.78, 5) is 37.4. The van der Waals surface area contributed by atoms with Crippen molar-refractivity contribution >= 4 is 63.2 Å². The predicted octanol–water partition coefficient (Wildman–Crippen LogP) is 3.26. The van der Waals surface area contributed by atoms with E-state index in [-0.39, 0.29) is 10.7 Å². The van der Waals surface area contributed by atoms with E-state index in [4.69, 9.17) is 12.2 Å². The summed E-state index contributed by atoms with van der Waals surface area (Å²) >= 11 is 6.39. The number of pyridine rings is 2. The first-order valence-corrected chi connectivity index (χ1v) is 9.84. The lowest BCUT2D eigenvalue weighted by molar-refractivity contribution is -0.128. The first kappa shape index (κ1) is 18.9. The van der Waals surface area contributed by atoms with Gasteiger partial charge in [-0.15, -0.1) is 11.3 Å². The van der Waals surface area contributed by atoms with Crippen LogP contribution in [-0.2, 0) is 9.59 Å². The summed E-state index contributed by atoms with van der Waals surface area (Å²) in [6.07, 6.45) is 5.00. The van der Waals surface area contributed by atoms with E-state index in [1.54, 1.807) is 18.5 Å². The highest BCUT2D eigenvalue weighted by atomic mass is 32.1. The molecule has 3 aromatic rings. The molecule has 4 heterocycles. The normalized spacial score (nSPS) is 15.6. The molecular weight excluding hydrogens is 406 g/mol. The summed E-state index contributed by atoms with van der Waals surface area (Å²) in [6.45, 7) is 0. The molecule has 0 saturated carbocycles. The molecule has 1 N–H and O–H groups in total. The number of hydrogen-bond acceptors (Lipinski definition) is 7. The van der Waals surface area contributed by atoms with Crippen molar-refractivity contribution in [3.8, 4) is 0 Å². The highest BCUT2D eigenvalue weighted by Gasteiger charge is 2.31. The van der Waals surface area contributed by atoms with Crippen molar-refractivity contribution in [2.45, 2.75) is 0 Å². The van der Waals surface area contributed by atoms with Gasteiger partial charge in [-0.05, 0) is 54.7 Å². The summed E-state index contributed by atoms with van der Waals surface area (Å²) in [5.74, 6) is 0.493. The minimum absolute atomic E-state index is 0.0386. The van der Waals surface area contributed by atoms with Gasteiger partial charge in [0.05, 0.1) is 0 Å². The number of carbonyl (C=O) groups excluding carboxylic acids is 2. The topological polar surface area (TPSA) is 78.4 Å². The third kappa shape index (κ3) is 3.78. The van der Waals surface area contributed by atoms with Crippen LogP contribution in [0.5, 0.6) is 0 Å². The molecule has 1 aliphatic rings. The van der Waals surface area contributed by atoms with Gasteiger partial charge in [-0.25, -0.2) is 9.97 Å². The van der Waals surface area contributed by atoms with Gasteiger partial charge in [-0.2, -0.15) is 0 Å². The second-order valence-corrected chi connectivity index (χ2v) is 7.55. The van der Waals surface area contributed by atoms with E-state index < -0.39 is 11.8 Å². The van der Waals surface area contributed by atoms with Crippen molar-refractivity contribution < 1.29 is 9.59 Å². The molecule has 2 amide bonds. The minimum Gasteiger partial charge on any atom is -0.298 e. The van der Waals surface area contributed by atoms with E-state index >= 15 is 0 Å². The molecule has 0 aromatic carbocycles. The van der Waals surface area contributed by atoms with Crippen molar-refractivity contribution in [2.75, 3.05) is 11.9 Å². The Labute approximate surface area is 176 Å². The van der Waals surface area contributed by atoms with Gasteiger partial charge in [0.25, 0.3) is 11.8 Å². The highest BCUT2D eigenvalue weighted by Crippen LogP contribution is 2.37. The zero-order chi connectivity index (χ0) is 20.4. The van der Waals surface area contributed by atoms with Crippen LogP contribution in [0.4, 0.5) is 16.6 Å². The fourth-order valence-corrected chi connectivity index (χ4v) is 3.89. The van der Waals surface area contributed by atoms with Crippen molar-refractivity contribution in [1.82, 2.24) is 20.2 Å². The van der Waals surface area contributed by atoms with Crippen molar-refractivity contribution in [3.63, 3.8) is 0 Å². The molecule has 0 radical (unpaired) electrons. The van der Waals surface area contributed by atoms with E-state index in [0.717, 1.165) is 9.88 Å². The molecule has 1 aliphatic heterocycles. The molecule has 0 atom stereocenters. The number of amides is 2. The molecule has 1 fully saturated rings. The lowest BCUT2D eigenvalue weighted by Crippen LogP contribution is -2.52. The maximum absolute atomic E-state index is 12.4. The van der Waals surface area contributed by atoms with Crippen LogP contribution < -0.4 is 10.2 Å². The number of thiophene rings is 1. The molecular formula is C20H15N5O2S2.